The minimum atomic E-state index is -1.17. The van der Waals surface area contributed by atoms with Gasteiger partial charge in [0.05, 0.1) is 30.2 Å². The number of aromatic carboxylic acids is 1. The highest BCUT2D eigenvalue weighted by molar-refractivity contribution is 6.25. The smallest absolute Gasteiger partial charge is 0.335 e. The van der Waals surface area contributed by atoms with Crippen molar-refractivity contribution in [2.75, 3.05) is 12.0 Å². The van der Waals surface area contributed by atoms with Crippen molar-refractivity contribution in [1.82, 2.24) is 0 Å². The van der Waals surface area contributed by atoms with E-state index in [0.29, 0.717) is 22.3 Å². The number of hydrogen-bond donors (Lipinski definition) is 2. The van der Waals surface area contributed by atoms with E-state index < -0.39 is 41.5 Å². The lowest BCUT2D eigenvalue weighted by molar-refractivity contribution is -0.123. The topological polar surface area (TPSA) is 138 Å². The Morgan fingerprint density at radius 1 is 1.05 bits per heavy atom. The summed E-state index contributed by atoms with van der Waals surface area (Å²) in [5.41, 5.74) is 2.69. The lowest BCUT2D eigenvalue weighted by Crippen LogP contribution is -2.40. The Morgan fingerprint density at radius 3 is 2.57 bits per heavy atom. The van der Waals surface area contributed by atoms with Crippen molar-refractivity contribution in [3.05, 3.63) is 94.1 Å². The van der Waals surface area contributed by atoms with Gasteiger partial charge in [-0.15, -0.1) is 0 Å². The van der Waals surface area contributed by atoms with E-state index in [9.17, 15) is 34.2 Å². The van der Waals surface area contributed by atoms with Crippen LogP contribution in [0.5, 0.6) is 11.5 Å². The summed E-state index contributed by atoms with van der Waals surface area (Å²) in [6, 6.07) is 10.5. The van der Waals surface area contributed by atoms with Crippen molar-refractivity contribution < 1.29 is 38.9 Å². The second-order valence-corrected chi connectivity index (χ2v) is 10.9. The van der Waals surface area contributed by atoms with Gasteiger partial charge in [-0.1, -0.05) is 35.9 Å². The van der Waals surface area contributed by atoms with E-state index in [-0.39, 0.29) is 47.2 Å². The highest BCUT2D eigenvalue weighted by Gasteiger charge is 2.56. The number of ketones is 2. The molecule has 4 atom stereocenters. The molecule has 0 saturated carbocycles. The summed E-state index contributed by atoms with van der Waals surface area (Å²) in [5, 5.41) is 19.4. The van der Waals surface area contributed by atoms with E-state index in [1.807, 2.05) is 12.2 Å². The summed E-state index contributed by atoms with van der Waals surface area (Å²) in [5.74, 6) is -4.82. The number of anilines is 1. The number of fused-ring (bicyclic) bond motifs is 3. The quantitative estimate of drug-likeness (QED) is 0.311. The number of phenolic OH excluding ortho intramolecular Hbond substituents is 1. The number of phenols is 1. The predicted molar refractivity (Wildman–Crippen MR) is 152 cm³/mol. The maximum atomic E-state index is 13.9. The zero-order chi connectivity index (χ0) is 29.9. The van der Waals surface area contributed by atoms with Gasteiger partial charge < -0.3 is 14.9 Å². The summed E-state index contributed by atoms with van der Waals surface area (Å²) in [7, 11) is 1.44. The molecule has 4 unspecified atom stereocenters. The molecule has 3 aliphatic carbocycles. The first-order valence-corrected chi connectivity index (χ1v) is 13.6. The number of carbonyl (C=O) groups is 5. The van der Waals surface area contributed by atoms with E-state index >= 15 is 0 Å². The molecule has 0 radical (unpaired) electrons. The average molecular weight is 566 g/mol. The Morgan fingerprint density at radius 2 is 1.83 bits per heavy atom. The molecule has 0 spiro atoms. The zero-order valence-corrected chi connectivity index (χ0v) is 22.9. The van der Waals surface area contributed by atoms with E-state index in [0.717, 1.165) is 10.5 Å². The molecule has 0 bridgehead atoms. The summed E-state index contributed by atoms with van der Waals surface area (Å²) in [4.78, 5) is 66.8. The van der Waals surface area contributed by atoms with Gasteiger partial charge in [-0.3, -0.25) is 24.1 Å². The Kier molecular flexibility index (Phi) is 6.52. The van der Waals surface area contributed by atoms with Crippen LogP contribution in [0.4, 0.5) is 5.69 Å². The standard InChI is InChI=1S/C33H27NO8/c1-16-12-26(36)28-21(8-6-17-7-11-25(35)27(13-17)42-2)20-9-10-22-29(23(20)15-24(28)30(16)37)32(39)34(31(22)38)19-5-3-4-18(14-19)33(40)41/h3-9,11-14,21-23,29,35H,10,15H2,1-2H3,(H,40,41). The monoisotopic (exact) mass is 565 g/mol. The van der Waals surface area contributed by atoms with Gasteiger partial charge in [0.1, 0.15) is 0 Å². The molecule has 2 amide bonds. The fraction of sp³-hybridized carbons (Fsp3) is 0.242. The van der Waals surface area contributed by atoms with E-state index in [1.165, 1.54) is 43.5 Å². The van der Waals surface area contributed by atoms with Crippen LogP contribution in [0.25, 0.3) is 6.08 Å². The molecule has 0 aromatic heterocycles. The summed E-state index contributed by atoms with van der Waals surface area (Å²) in [6.45, 7) is 1.59. The number of amides is 2. The normalized spacial score (nSPS) is 25.2. The molecule has 9 heteroatoms. The number of methoxy groups -OCH3 is 1. The number of carbonyl (C=O) groups excluding carboxylic acids is 4. The second kappa shape index (κ2) is 10.1. The molecule has 1 fully saturated rings. The highest BCUT2D eigenvalue weighted by Crippen LogP contribution is 2.53. The average Bonchev–Trinajstić information content (AvgIpc) is 3.24. The van der Waals surface area contributed by atoms with Crippen molar-refractivity contribution in [2.45, 2.75) is 19.8 Å². The highest BCUT2D eigenvalue weighted by atomic mass is 16.5. The van der Waals surface area contributed by atoms with Gasteiger partial charge in [0.15, 0.2) is 23.1 Å². The van der Waals surface area contributed by atoms with E-state index in [2.05, 4.69) is 0 Å². The van der Waals surface area contributed by atoms with Crippen LogP contribution < -0.4 is 9.64 Å². The summed E-state index contributed by atoms with van der Waals surface area (Å²) >= 11 is 0. The maximum absolute atomic E-state index is 13.9. The lowest BCUT2D eigenvalue weighted by Gasteiger charge is -2.41. The van der Waals surface area contributed by atoms with Crippen LogP contribution in [0.2, 0.25) is 0 Å². The number of ether oxygens (including phenoxy) is 1. The van der Waals surface area contributed by atoms with E-state index in [4.69, 9.17) is 4.74 Å². The van der Waals surface area contributed by atoms with Gasteiger partial charge in [-0.05, 0) is 67.7 Å². The molecule has 9 nitrogen and oxygen atoms in total. The number of carboxylic acids is 1. The van der Waals surface area contributed by atoms with Gasteiger partial charge in [0.2, 0.25) is 11.8 Å². The lowest BCUT2D eigenvalue weighted by atomic mass is 9.60. The molecule has 2 aromatic rings. The number of allylic oxidation sites excluding steroid dienone is 7. The van der Waals surface area contributed by atoms with Crippen LogP contribution in [-0.2, 0) is 19.2 Å². The van der Waals surface area contributed by atoms with Crippen LogP contribution in [-0.4, -0.2) is 46.7 Å². The second-order valence-electron chi connectivity index (χ2n) is 10.9. The van der Waals surface area contributed by atoms with Crippen LogP contribution >= 0.6 is 0 Å². The number of hydrogen-bond acceptors (Lipinski definition) is 7. The van der Waals surface area contributed by atoms with E-state index in [1.54, 1.807) is 25.1 Å². The first-order valence-electron chi connectivity index (χ1n) is 13.6. The van der Waals surface area contributed by atoms with Crippen molar-refractivity contribution in [3.8, 4) is 11.5 Å². The summed E-state index contributed by atoms with van der Waals surface area (Å²) in [6.07, 6.45) is 7.27. The predicted octanol–water partition coefficient (Wildman–Crippen LogP) is 4.28. The molecule has 212 valence electrons. The van der Waals surface area contributed by atoms with Crippen molar-refractivity contribution >= 4 is 41.1 Å². The number of benzene rings is 2. The molecule has 6 rings (SSSR count). The molecule has 42 heavy (non-hydrogen) atoms. The maximum Gasteiger partial charge on any atom is 0.335 e. The van der Waals surface area contributed by atoms with Crippen LogP contribution in [0.15, 0.2) is 83.0 Å². The van der Waals surface area contributed by atoms with Crippen molar-refractivity contribution in [3.63, 3.8) is 0 Å². The largest absolute Gasteiger partial charge is 0.504 e. The zero-order valence-electron chi connectivity index (χ0n) is 22.9. The minimum Gasteiger partial charge on any atom is -0.504 e. The number of rotatable bonds is 5. The fourth-order valence-corrected chi connectivity index (χ4v) is 6.70. The molecule has 1 aliphatic heterocycles. The van der Waals surface area contributed by atoms with Gasteiger partial charge in [-0.2, -0.15) is 0 Å². The number of carboxylic acid groups (broad SMARTS) is 1. The first kappa shape index (κ1) is 27.1. The number of imide groups is 1. The molecule has 4 aliphatic rings. The number of nitrogens with zero attached hydrogens (tertiary/aromatic N) is 1. The summed E-state index contributed by atoms with van der Waals surface area (Å²) < 4.78 is 5.21. The molecule has 2 N–H and O–H groups in total. The fourth-order valence-electron chi connectivity index (χ4n) is 6.70. The van der Waals surface area contributed by atoms with Gasteiger partial charge in [0, 0.05) is 22.6 Å². The Balaban J connectivity index is 1.42. The van der Waals surface area contributed by atoms with Crippen molar-refractivity contribution in [1.29, 1.82) is 0 Å². The third-order valence-corrected chi connectivity index (χ3v) is 8.65. The van der Waals surface area contributed by atoms with Crippen LogP contribution in [0.3, 0.4) is 0 Å². The third-order valence-electron chi connectivity index (χ3n) is 8.65. The Bertz CT molecular complexity index is 1720. The Hall–Kier alpha value is -5.05. The van der Waals surface area contributed by atoms with Gasteiger partial charge in [-0.25, -0.2) is 4.79 Å². The molecular formula is C33H27NO8. The van der Waals surface area contributed by atoms with Crippen LogP contribution in [0.1, 0.15) is 35.7 Å². The van der Waals surface area contributed by atoms with Gasteiger partial charge >= 0.3 is 5.97 Å². The number of Topliss-reactive ketones (excluding diaryl/α,β-unsaturated/α-hetero) is 1. The van der Waals surface area contributed by atoms with Crippen LogP contribution in [0, 0.1) is 23.7 Å². The number of aromatic hydroxyl groups is 1. The molecule has 1 saturated heterocycles. The minimum absolute atomic E-state index is 0.0186. The molecular weight excluding hydrogens is 538 g/mol. The van der Waals surface area contributed by atoms with Crippen molar-refractivity contribution in [2.24, 2.45) is 23.7 Å². The molecule has 2 aromatic carbocycles. The van der Waals surface area contributed by atoms with Gasteiger partial charge in [0.25, 0.3) is 0 Å². The Labute approximate surface area is 241 Å². The third kappa shape index (κ3) is 4.20. The SMILES string of the molecule is COc1cc(C=CC2C3=CCC4C(=O)N(c5cccc(C(=O)O)c5)C(=O)C4C3CC3=C2C(=O)C=C(C)C3=O)ccc1O. The first-order chi connectivity index (χ1) is 20.1. The molecule has 1 heterocycles.